The molecule has 6 nitrogen and oxygen atoms in total. The topological polar surface area (TPSA) is 71.5 Å². The van der Waals surface area contributed by atoms with Crippen LogP contribution in [0.5, 0.6) is 0 Å². The molecule has 10 heteroatoms. The maximum absolute atomic E-state index is 13.1. The molecule has 0 radical (unpaired) electrons. The molecule has 1 aromatic carbocycles. The molecule has 1 saturated carbocycles. The zero-order valence-corrected chi connectivity index (χ0v) is 20.6. The summed E-state index contributed by atoms with van der Waals surface area (Å²) >= 11 is 0. The minimum absolute atomic E-state index is 0.0150. The van der Waals surface area contributed by atoms with Crippen molar-refractivity contribution in [2.24, 2.45) is 5.92 Å². The molecular weight excluding hydrogens is 479 g/mol. The molecule has 1 aliphatic carbocycles. The molecule has 1 saturated heterocycles. The molecule has 1 aromatic heterocycles. The third kappa shape index (κ3) is 7.17. The van der Waals surface area contributed by atoms with E-state index in [1.54, 1.807) is 12.3 Å². The van der Waals surface area contributed by atoms with Crippen LogP contribution >= 0.6 is 0 Å². The van der Waals surface area contributed by atoms with E-state index in [1.165, 1.54) is 18.4 Å². The summed E-state index contributed by atoms with van der Waals surface area (Å²) in [4.78, 5) is 6.57. The molecule has 2 heterocycles. The van der Waals surface area contributed by atoms with Crippen LogP contribution in [0.25, 0.3) is 0 Å². The van der Waals surface area contributed by atoms with E-state index >= 15 is 0 Å². The first-order chi connectivity index (χ1) is 16.6. The summed E-state index contributed by atoms with van der Waals surface area (Å²) < 4.78 is 72.1. The number of aromatic nitrogens is 1. The average molecular weight is 512 g/mol. The fourth-order valence-corrected chi connectivity index (χ4v) is 6.03. The fraction of sp³-hybridized carbons (Fsp3) is 0.560. The first-order valence-electron chi connectivity index (χ1n) is 12.0. The number of hydrogen-bond donors (Lipinski definition) is 1. The Balaban J connectivity index is 1.34. The lowest BCUT2D eigenvalue weighted by Gasteiger charge is -2.40. The van der Waals surface area contributed by atoms with Crippen molar-refractivity contribution in [3.63, 3.8) is 0 Å². The Morgan fingerprint density at radius 1 is 1.09 bits per heavy atom. The number of alkyl halides is 3. The van der Waals surface area contributed by atoms with Crippen LogP contribution in [-0.4, -0.2) is 51.5 Å². The number of piperidine rings is 1. The third-order valence-electron chi connectivity index (χ3n) is 6.98. The van der Waals surface area contributed by atoms with Crippen LogP contribution in [0.1, 0.15) is 49.1 Å². The highest BCUT2D eigenvalue weighted by Crippen LogP contribution is 2.37. The number of benzene rings is 1. The van der Waals surface area contributed by atoms with E-state index in [2.05, 4.69) is 14.6 Å². The van der Waals surface area contributed by atoms with E-state index in [0.717, 1.165) is 43.1 Å². The van der Waals surface area contributed by atoms with Crippen LogP contribution in [0.4, 0.5) is 19.0 Å². The van der Waals surface area contributed by atoms with E-state index in [9.17, 15) is 21.6 Å². The van der Waals surface area contributed by atoms with Gasteiger partial charge >= 0.3 is 6.18 Å². The van der Waals surface area contributed by atoms with Crippen LogP contribution in [0.2, 0.25) is 0 Å². The lowest BCUT2D eigenvalue weighted by molar-refractivity contribution is -0.137. The van der Waals surface area contributed by atoms with Gasteiger partial charge < -0.3 is 9.64 Å². The number of rotatable bonds is 7. The minimum Gasteiger partial charge on any atom is -0.378 e. The van der Waals surface area contributed by atoms with Crippen LogP contribution in [0.15, 0.2) is 48.7 Å². The largest absolute Gasteiger partial charge is 0.416 e. The van der Waals surface area contributed by atoms with Gasteiger partial charge in [0.05, 0.1) is 24.5 Å². The molecule has 192 valence electrons. The molecule has 1 N–H and O–H groups in total. The van der Waals surface area contributed by atoms with Gasteiger partial charge in [0.1, 0.15) is 5.82 Å². The number of ether oxygens (including phenoxy) is 1. The van der Waals surface area contributed by atoms with Crippen molar-refractivity contribution >= 4 is 15.8 Å². The molecule has 2 aliphatic rings. The number of pyridine rings is 1. The van der Waals surface area contributed by atoms with Gasteiger partial charge in [0.15, 0.2) is 0 Å². The van der Waals surface area contributed by atoms with Gasteiger partial charge in [-0.2, -0.15) is 13.2 Å². The number of hydrogen-bond acceptors (Lipinski definition) is 5. The minimum atomic E-state index is -4.34. The number of halogens is 3. The van der Waals surface area contributed by atoms with Crippen LogP contribution in [-0.2, 0) is 20.9 Å². The molecule has 0 amide bonds. The predicted octanol–water partition coefficient (Wildman–Crippen LogP) is 4.59. The zero-order chi connectivity index (χ0) is 25.1. The Morgan fingerprint density at radius 3 is 2.51 bits per heavy atom. The maximum Gasteiger partial charge on any atom is 0.416 e. The quantitative estimate of drug-likeness (QED) is 0.589. The smallest absolute Gasteiger partial charge is 0.378 e. The number of nitrogens with one attached hydrogen (secondary N) is 1. The lowest BCUT2D eigenvalue weighted by Crippen LogP contribution is -2.52. The standard InChI is InChI=1S/C25H32F3N3O3S/c1-35(32,33)30-23-12-14-31(24-7-2-3-13-29-24)16-20(23)17-34-22-10-8-18(9-11-22)19-5-4-6-21(15-19)25(26,27)28/h2-7,13,15,18,20,22-23,30H,8-12,14,16-17H2,1H3. The van der Waals surface area contributed by atoms with E-state index in [1.807, 2.05) is 18.2 Å². The molecule has 0 bridgehead atoms. The molecule has 2 fully saturated rings. The number of nitrogens with zero attached hydrogens (tertiary/aromatic N) is 2. The van der Waals surface area contributed by atoms with Gasteiger partial charge in [0, 0.05) is 31.2 Å². The average Bonchev–Trinajstić information content (AvgIpc) is 2.83. The second-order valence-electron chi connectivity index (χ2n) is 9.61. The summed E-state index contributed by atoms with van der Waals surface area (Å²) in [6, 6.07) is 11.1. The van der Waals surface area contributed by atoms with Crippen molar-refractivity contribution in [1.29, 1.82) is 0 Å². The summed E-state index contributed by atoms with van der Waals surface area (Å²) in [5.41, 5.74) is 0.126. The first kappa shape index (κ1) is 25.9. The highest BCUT2D eigenvalue weighted by Gasteiger charge is 2.34. The van der Waals surface area contributed by atoms with Crippen molar-refractivity contribution in [2.75, 3.05) is 30.9 Å². The van der Waals surface area contributed by atoms with Gasteiger partial charge in [-0.15, -0.1) is 0 Å². The van der Waals surface area contributed by atoms with Gasteiger partial charge in [-0.25, -0.2) is 18.1 Å². The highest BCUT2D eigenvalue weighted by molar-refractivity contribution is 7.88. The maximum atomic E-state index is 13.1. The van der Waals surface area contributed by atoms with E-state index in [4.69, 9.17) is 4.74 Å². The Kier molecular flexibility index (Phi) is 8.02. The second kappa shape index (κ2) is 10.8. The summed E-state index contributed by atoms with van der Waals surface area (Å²) in [5, 5.41) is 0. The van der Waals surface area contributed by atoms with Crippen molar-refractivity contribution in [1.82, 2.24) is 9.71 Å². The zero-order valence-electron chi connectivity index (χ0n) is 19.7. The molecule has 35 heavy (non-hydrogen) atoms. The molecular formula is C25H32F3N3O3S. The summed E-state index contributed by atoms with van der Waals surface area (Å²) in [6.45, 7) is 1.74. The Bertz CT molecular complexity index is 1070. The Hall–Kier alpha value is -2.17. The monoisotopic (exact) mass is 511 g/mol. The van der Waals surface area contributed by atoms with Crippen LogP contribution in [0.3, 0.4) is 0 Å². The van der Waals surface area contributed by atoms with Crippen molar-refractivity contribution in [3.8, 4) is 0 Å². The lowest BCUT2D eigenvalue weighted by atomic mass is 9.82. The SMILES string of the molecule is CS(=O)(=O)NC1CCN(c2ccccn2)CC1COC1CCC(c2cccc(C(F)(F)F)c2)CC1. The molecule has 2 aromatic rings. The summed E-state index contributed by atoms with van der Waals surface area (Å²) in [5.74, 6) is 0.907. The van der Waals surface area contributed by atoms with E-state index in [-0.39, 0.29) is 24.0 Å². The Morgan fingerprint density at radius 2 is 1.86 bits per heavy atom. The molecule has 4 rings (SSSR count). The van der Waals surface area contributed by atoms with Gasteiger partial charge in [-0.1, -0.05) is 24.3 Å². The molecule has 2 atom stereocenters. The van der Waals surface area contributed by atoms with Crippen molar-refractivity contribution in [3.05, 3.63) is 59.8 Å². The molecule has 1 aliphatic heterocycles. The van der Waals surface area contributed by atoms with E-state index in [0.29, 0.717) is 26.1 Å². The van der Waals surface area contributed by atoms with Crippen LogP contribution in [0, 0.1) is 5.92 Å². The molecule has 0 spiro atoms. The normalized spacial score (nSPS) is 26.0. The molecule has 2 unspecified atom stereocenters. The van der Waals surface area contributed by atoms with Gasteiger partial charge in [-0.3, -0.25) is 0 Å². The van der Waals surface area contributed by atoms with Gasteiger partial charge in [0.25, 0.3) is 0 Å². The summed E-state index contributed by atoms with van der Waals surface area (Å²) in [6.07, 6.45) is 2.31. The highest BCUT2D eigenvalue weighted by atomic mass is 32.2. The second-order valence-corrected chi connectivity index (χ2v) is 11.4. The van der Waals surface area contributed by atoms with E-state index < -0.39 is 21.8 Å². The predicted molar refractivity (Wildman–Crippen MR) is 129 cm³/mol. The summed E-state index contributed by atoms with van der Waals surface area (Å²) in [7, 11) is -3.35. The van der Waals surface area contributed by atoms with Crippen molar-refractivity contribution in [2.45, 2.75) is 56.3 Å². The fourth-order valence-electron chi connectivity index (χ4n) is 5.17. The first-order valence-corrected chi connectivity index (χ1v) is 13.9. The van der Waals surface area contributed by atoms with Crippen molar-refractivity contribution < 1.29 is 26.3 Å². The third-order valence-corrected chi connectivity index (χ3v) is 7.71. The van der Waals surface area contributed by atoms with Gasteiger partial charge in [-0.05, 0) is 61.8 Å². The number of anilines is 1. The van der Waals surface area contributed by atoms with Crippen LogP contribution < -0.4 is 9.62 Å². The van der Waals surface area contributed by atoms with Gasteiger partial charge in [0.2, 0.25) is 10.0 Å². The Labute approximate surface area is 204 Å². The number of sulfonamides is 1.